The number of H-pyrrole nitrogens is 1. The number of benzene rings is 1. The first-order valence-corrected chi connectivity index (χ1v) is 18.4. The zero-order chi connectivity index (χ0) is 39.9. The second-order valence-electron chi connectivity index (χ2n) is 11.9. The van der Waals surface area contributed by atoms with Gasteiger partial charge in [0.2, 0.25) is 0 Å². The monoisotopic (exact) mass is 847 g/mol. The van der Waals surface area contributed by atoms with Gasteiger partial charge in [0.25, 0.3) is 21.2 Å². The van der Waals surface area contributed by atoms with Gasteiger partial charge in [0.05, 0.1) is 37.1 Å². The van der Waals surface area contributed by atoms with Gasteiger partial charge in [0.15, 0.2) is 29.2 Å². The van der Waals surface area contributed by atoms with Crippen molar-refractivity contribution in [2.75, 3.05) is 18.9 Å². The van der Waals surface area contributed by atoms with E-state index in [2.05, 4.69) is 38.7 Å². The second kappa shape index (κ2) is 19.3. The average molecular weight is 848 g/mol. The average Bonchev–Trinajstić information content (AvgIpc) is 3.64. The van der Waals surface area contributed by atoms with Gasteiger partial charge in [-0.05, 0) is 37.1 Å². The molecule has 1 saturated heterocycles. The number of imidazole rings is 1. The van der Waals surface area contributed by atoms with E-state index in [9.17, 15) is 54.0 Å². The molecule has 3 aliphatic rings. The van der Waals surface area contributed by atoms with Crippen LogP contribution in [-0.2, 0) is 29.2 Å². The molecule has 10 N–H and O–H groups in total. The summed E-state index contributed by atoms with van der Waals surface area (Å²) in [4.78, 5) is 75.9. The number of aromatic amines is 1. The van der Waals surface area contributed by atoms with Gasteiger partial charge in [-0.2, -0.15) is 4.98 Å². The fourth-order valence-corrected chi connectivity index (χ4v) is 6.89. The molecule has 5 heterocycles. The van der Waals surface area contributed by atoms with Crippen molar-refractivity contribution < 1.29 is 127 Å². The number of ether oxygens (including phenoxy) is 1. The molecular weight excluding hydrogens is 814 g/mol. The molecule has 0 aliphatic carbocycles. The van der Waals surface area contributed by atoms with Crippen LogP contribution >= 0.6 is 15.6 Å². The number of aryl methyl sites for hydroxylation is 2. The summed E-state index contributed by atoms with van der Waals surface area (Å²) >= 11 is 0. The first kappa shape index (κ1) is 48.2. The topological polar surface area (TPSA) is 400 Å². The van der Waals surface area contributed by atoms with Crippen LogP contribution in [0.1, 0.15) is 17.4 Å². The Morgan fingerprint density at radius 3 is 2.32 bits per heavy atom. The predicted octanol–water partition coefficient (Wildman–Crippen LogP) is -10.7. The molecule has 1 aromatic carbocycles. The molecular formula is C27H33N9Na2O16P2. The molecule has 2 unspecified atom stereocenters. The summed E-state index contributed by atoms with van der Waals surface area (Å²) in [5.74, 6) is 0.0198. The van der Waals surface area contributed by atoms with Crippen molar-refractivity contribution in [1.29, 1.82) is 0 Å². The van der Waals surface area contributed by atoms with Crippen molar-refractivity contribution in [3.05, 3.63) is 56.8 Å². The maximum atomic E-state index is 12.2. The Labute approximate surface area is 358 Å². The minimum atomic E-state index is -5.60. The third kappa shape index (κ3) is 10.9. The van der Waals surface area contributed by atoms with Gasteiger partial charge in [0, 0.05) is 0 Å². The Balaban J connectivity index is 0.000000290. The summed E-state index contributed by atoms with van der Waals surface area (Å²) in [6, 6.07) is 3.53. The number of aromatic nitrogens is 8. The predicted molar refractivity (Wildman–Crippen MR) is 176 cm³/mol. The van der Waals surface area contributed by atoms with Gasteiger partial charge < -0.3 is 64.9 Å². The maximum absolute atomic E-state index is 12.2. The van der Waals surface area contributed by atoms with Crippen LogP contribution in [-0.4, -0.2) is 124 Å². The van der Waals surface area contributed by atoms with Gasteiger partial charge in [-0.1, -0.05) is 0 Å². The number of fused-ring (bicyclic) bond motifs is 3. The molecule has 29 heteroatoms. The molecule has 0 radical (unpaired) electrons. The van der Waals surface area contributed by atoms with E-state index in [0.717, 1.165) is 17.5 Å². The van der Waals surface area contributed by atoms with Crippen LogP contribution in [0.4, 0.5) is 5.82 Å². The van der Waals surface area contributed by atoms with Crippen LogP contribution in [0, 0.1) is 13.8 Å². The van der Waals surface area contributed by atoms with Crippen LogP contribution < -0.4 is 85.9 Å². The number of aliphatic hydroxyl groups excluding tert-OH is 6. The van der Waals surface area contributed by atoms with E-state index in [-0.39, 0.29) is 94.2 Å². The van der Waals surface area contributed by atoms with Crippen molar-refractivity contribution >= 4 is 43.7 Å². The molecule has 294 valence electrons. The first-order valence-electron chi connectivity index (χ1n) is 15.4. The molecule has 0 amide bonds. The number of phosphoric ester groups is 1. The van der Waals surface area contributed by atoms with Gasteiger partial charge >= 0.3 is 64.8 Å². The van der Waals surface area contributed by atoms with Crippen LogP contribution in [0.15, 0.2) is 34.4 Å². The molecule has 3 aromatic rings. The van der Waals surface area contributed by atoms with Crippen LogP contribution in [0.5, 0.6) is 0 Å². The molecule has 2 aromatic heterocycles. The fraction of sp³-hybridized carbons (Fsp3) is 0.444. The zero-order valence-electron chi connectivity index (χ0n) is 29.9. The number of aliphatic hydroxyl groups is 6. The molecule has 0 bridgehead atoms. The van der Waals surface area contributed by atoms with E-state index in [1.54, 1.807) is 12.1 Å². The Kier molecular flexibility index (Phi) is 16.6. The molecule has 9 atom stereocenters. The minimum Gasteiger partial charge on any atom is -0.756 e. The van der Waals surface area contributed by atoms with Crippen LogP contribution in [0.3, 0.4) is 0 Å². The molecule has 56 heavy (non-hydrogen) atoms. The smallest absolute Gasteiger partial charge is 0.756 e. The van der Waals surface area contributed by atoms with Crippen molar-refractivity contribution in [2.24, 2.45) is 0 Å². The Morgan fingerprint density at radius 2 is 1.68 bits per heavy atom. The Morgan fingerprint density at radius 1 is 1.02 bits per heavy atom. The van der Waals surface area contributed by atoms with Crippen molar-refractivity contribution in [1.82, 2.24) is 39.0 Å². The second-order valence-corrected chi connectivity index (χ2v) is 14.7. The van der Waals surface area contributed by atoms with Crippen LogP contribution in [0.2, 0.25) is 0 Å². The molecule has 0 spiro atoms. The molecule has 1 fully saturated rings. The van der Waals surface area contributed by atoms with E-state index in [4.69, 9.17) is 20.5 Å². The summed E-state index contributed by atoms with van der Waals surface area (Å²) in [7, 11) is -11.0. The normalized spacial score (nSPS) is 21.9. The van der Waals surface area contributed by atoms with Gasteiger partial charge in [-0.15, -0.1) is 0 Å². The number of nitrogens with zero attached hydrogens (tertiary/aromatic N) is 7. The van der Waals surface area contributed by atoms with Crippen LogP contribution in [0.25, 0.3) is 33.7 Å². The third-order valence-electron chi connectivity index (χ3n) is 8.17. The Bertz CT molecular complexity index is 2350. The standard InChI is InChI=1S/C17H20N4O6.C10H15N5O10P2.2Na/c1-7-3-9-10(4-8(7)2)21(5-11(23)14(25)12(24)6-22)15-13(18-9)16(26)20-17(27)19-15;11-8-5-9(13-2-12-8)15(3-14-5)10-7(17)6(16)4(24-10)1-23-27(21,22)25-26(18,19)20;;/h3-4,11-12,14,22-25H,5-6H2,1-2H3,(H,20,26,27);2-4,6-7,10,16-17H,1H2,(H,21,22)(H2,11,12,13)(H2,18,19,20);;/q;;2*+1/p-2/t11-,12+,14-;4-,6-,7-,10-;;/m11../s1. The number of nitrogens with two attached hydrogens (primary N) is 1. The first-order chi connectivity index (χ1) is 25.2. The quantitative estimate of drug-likeness (QED) is 0.0338. The number of nitrogens with one attached hydrogen (secondary N) is 1. The summed E-state index contributed by atoms with van der Waals surface area (Å²) in [6.45, 7) is 1.83. The molecule has 3 aliphatic heterocycles. The number of phosphoric acid groups is 2. The summed E-state index contributed by atoms with van der Waals surface area (Å²) < 4.78 is 37.5. The summed E-state index contributed by atoms with van der Waals surface area (Å²) in [5, 5.41) is 59.0. The fourth-order valence-electron chi connectivity index (χ4n) is 5.36. The Hall–Kier alpha value is -2.17. The largest absolute Gasteiger partial charge is 1.00 e. The van der Waals surface area contributed by atoms with Gasteiger partial charge in [-0.3, -0.25) is 23.5 Å². The van der Waals surface area contributed by atoms with E-state index in [0.29, 0.717) is 11.0 Å². The zero-order valence-corrected chi connectivity index (χ0v) is 35.7. The van der Waals surface area contributed by atoms with Gasteiger partial charge in [0.1, 0.15) is 48.5 Å². The SMILES string of the molecule is Cc1cc2nc3c(=O)[nH]c(=O)nc-3n(C[C@@H](O)[C@@H](O)[C@@H](O)CO)c2cc1C.Nc1ncnc2c1ncn2[C@@H]1O[C@H](COP(=O)([O-])OP(=O)([O-])O)[C@@H](O)[C@H]1O.[Na+].[Na+]. The number of rotatable bonds is 11. The summed E-state index contributed by atoms with van der Waals surface area (Å²) in [5.41, 5.74) is 7.17. The van der Waals surface area contributed by atoms with E-state index in [1.807, 2.05) is 13.8 Å². The van der Waals surface area contributed by atoms with Crippen molar-refractivity contribution in [3.8, 4) is 11.5 Å². The third-order valence-corrected chi connectivity index (χ3v) is 10.3. The number of hydrogen-bond acceptors (Lipinski definition) is 21. The summed E-state index contributed by atoms with van der Waals surface area (Å²) in [6.07, 6.45) is -8.08. The van der Waals surface area contributed by atoms with Crippen molar-refractivity contribution in [3.63, 3.8) is 0 Å². The number of anilines is 1. The van der Waals surface area contributed by atoms with E-state index < -0.39 is 83.0 Å². The number of hydrogen-bond donors (Lipinski definition) is 9. The van der Waals surface area contributed by atoms with E-state index in [1.165, 1.54) is 15.5 Å². The van der Waals surface area contributed by atoms with E-state index >= 15 is 0 Å². The molecule has 6 rings (SSSR count). The minimum absolute atomic E-state index is 0. The number of nitrogen functional groups attached to an aromatic ring is 1. The molecule has 0 saturated carbocycles. The molecule has 25 nitrogen and oxygen atoms in total. The van der Waals surface area contributed by atoms with Crippen molar-refractivity contribution in [2.45, 2.75) is 63.2 Å². The maximum Gasteiger partial charge on any atom is 1.00 e. The van der Waals surface area contributed by atoms with Gasteiger partial charge in [-0.25, -0.2) is 29.0 Å².